The fraction of sp³-hybridized carbons (Fsp3) is 0.929. The zero-order chi connectivity index (χ0) is 13.1. The molecule has 1 rings (SSSR count). The van der Waals surface area contributed by atoms with Gasteiger partial charge in [0.15, 0.2) is 0 Å². The van der Waals surface area contributed by atoms with Crippen molar-refractivity contribution in [2.45, 2.75) is 77.4 Å². The van der Waals surface area contributed by atoms with Gasteiger partial charge in [-0.15, -0.1) is 0 Å². The zero-order valence-electron chi connectivity index (χ0n) is 11.7. The Kier molecular flexibility index (Phi) is 4.59. The third-order valence-corrected chi connectivity index (χ3v) is 3.42. The Labute approximate surface area is 105 Å². The van der Waals surface area contributed by atoms with Crippen molar-refractivity contribution in [2.75, 3.05) is 0 Å². The molecule has 17 heavy (non-hydrogen) atoms. The molecule has 2 N–H and O–H groups in total. The molecular formula is C14H27NO2. The summed E-state index contributed by atoms with van der Waals surface area (Å²) in [6.07, 6.45) is 5.94. The molecule has 0 amide bonds. The number of nitrogens with two attached hydrogens (primary N) is 1. The van der Waals surface area contributed by atoms with Gasteiger partial charge in [-0.1, -0.05) is 0 Å². The van der Waals surface area contributed by atoms with E-state index in [1.807, 2.05) is 20.8 Å². The summed E-state index contributed by atoms with van der Waals surface area (Å²) < 4.78 is 5.31. The first-order valence-corrected chi connectivity index (χ1v) is 6.69. The number of esters is 1. The molecule has 1 fully saturated rings. The molecule has 0 aromatic heterocycles. The predicted molar refractivity (Wildman–Crippen MR) is 69.6 cm³/mol. The summed E-state index contributed by atoms with van der Waals surface area (Å²) in [5.74, 6) is 0.581. The van der Waals surface area contributed by atoms with E-state index >= 15 is 0 Å². The van der Waals surface area contributed by atoms with Gasteiger partial charge in [0.2, 0.25) is 0 Å². The van der Waals surface area contributed by atoms with Crippen LogP contribution in [0.15, 0.2) is 0 Å². The summed E-state index contributed by atoms with van der Waals surface area (Å²) in [5.41, 5.74) is 5.74. The van der Waals surface area contributed by atoms with Crippen LogP contribution in [0.3, 0.4) is 0 Å². The maximum absolute atomic E-state index is 11.6. The lowest BCUT2D eigenvalue weighted by atomic mass is 9.77. The van der Waals surface area contributed by atoms with E-state index in [9.17, 15) is 4.79 Å². The summed E-state index contributed by atoms with van der Waals surface area (Å²) in [4.78, 5) is 11.6. The van der Waals surface area contributed by atoms with Crippen LogP contribution in [0.4, 0.5) is 0 Å². The monoisotopic (exact) mass is 241 g/mol. The van der Waals surface area contributed by atoms with Gasteiger partial charge in [-0.2, -0.15) is 0 Å². The SMILES string of the molecule is CC1(N)CCC(CCC(=O)OC(C)(C)C)CC1. The van der Waals surface area contributed by atoms with Crippen molar-refractivity contribution < 1.29 is 9.53 Å². The average molecular weight is 241 g/mol. The van der Waals surface area contributed by atoms with E-state index in [0.717, 1.165) is 32.1 Å². The topological polar surface area (TPSA) is 52.3 Å². The molecule has 0 atom stereocenters. The Bertz CT molecular complexity index is 256. The largest absolute Gasteiger partial charge is 0.460 e. The Morgan fingerprint density at radius 2 is 1.88 bits per heavy atom. The molecule has 1 aliphatic rings. The molecule has 0 radical (unpaired) electrons. The first-order valence-electron chi connectivity index (χ1n) is 6.69. The number of carbonyl (C=O) groups excluding carboxylic acids is 1. The number of hydrogen-bond donors (Lipinski definition) is 1. The number of ether oxygens (including phenoxy) is 1. The zero-order valence-corrected chi connectivity index (χ0v) is 11.7. The molecule has 0 saturated heterocycles. The highest BCUT2D eigenvalue weighted by Gasteiger charge is 2.27. The average Bonchev–Trinajstić information content (AvgIpc) is 2.13. The normalized spacial score (nSPS) is 30.1. The molecular weight excluding hydrogens is 214 g/mol. The van der Waals surface area contributed by atoms with E-state index < -0.39 is 0 Å². The Hall–Kier alpha value is -0.570. The standard InChI is InChI=1S/C14H27NO2/c1-13(2,3)17-12(16)6-5-11-7-9-14(4,15)10-8-11/h11H,5-10,15H2,1-4H3. The molecule has 1 aliphatic carbocycles. The quantitative estimate of drug-likeness (QED) is 0.773. The fourth-order valence-electron chi connectivity index (χ4n) is 2.34. The van der Waals surface area contributed by atoms with Crippen molar-refractivity contribution in [2.24, 2.45) is 11.7 Å². The van der Waals surface area contributed by atoms with E-state index in [1.165, 1.54) is 0 Å². The second-order valence-corrected chi connectivity index (χ2v) is 6.72. The van der Waals surface area contributed by atoms with E-state index in [1.54, 1.807) is 0 Å². The Morgan fingerprint density at radius 1 is 1.35 bits per heavy atom. The first kappa shape index (κ1) is 14.5. The van der Waals surface area contributed by atoms with Crippen molar-refractivity contribution in [3.05, 3.63) is 0 Å². The van der Waals surface area contributed by atoms with Crippen molar-refractivity contribution in [1.29, 1.82) is 0 Å². The van der Waals surface area contributed by atoms with Gasteiger partial charge in [-0.25, -0.2) is 0 Å². The van der Waals surface area contributed by atoms with Crippen LogP contribution in [0.1, 0.15) is 66.2 Å². The maximum Gasteiger partial charge on any atom is 0.306 e. The lowest BCUT2D eigenvalue weighted by Gasteiger charge is -2.34. The van der Waals surface area contributed by atoms with Crippen LogP contribution in [-0.4, -0.2) is 17.1 Å². The van der Waals surface area contributed by atoms with Gasteiger partial charge >= 0.3 is 5.97 Å². The van der Waals surface area contributed by atoms with Gasteiger partial charge in [0.05, 0.1) is 0 Å². The maximum atomic E-state index is 11.6. The highest BCUT2D eigenvalue weighted by Crippen LogP contribution is 2.32. The smallest absolute Gasteiger partial charge is 0.306 e. The fourth-order valence-corrected chi connectivity index (χ4v) is 2.34. The minimum atomic E-state index is -0.362. The molecule has 0 bridgehead atoms. The molecule has 0 spiro atoms. The van der Waals surface area contributed by atoms with Crippen LogP contribution in [0.2, 0.25) is 0 Å². The molecule has 3 heteroatoms. The van der Waals surface area contributed by atoms with Crippen LogP contribution in [-0.2, 0) is 9.53 Å². The second-order valence-electron chi connectivity index (χ2n) is 6.72. The molecule has 0 unspecified atom stereocenters. The highest BCUT2D eigenvalue weighted by atomic mass is 16.6. The molecule has 1 saturated carbocycles. The first-order chi connectivity index (χ1) is 7.68. The molecule has 0 heterocycles. The highest BCUT2D eigenvalue weighted by molar-refractivity contribution is 5.69. The van der Waals surface area contributed by atoms with Gasteiger partial charge in [-0.05, 0) is 65.7 Å². The second kappa shape index (κ2) is 5.38. The van der Waals surface area contributed by atoms with Crippen LogP contribution in [0.5, 0.6) is 0 Å². The van der Waals surface area contributed by atoms with Gasteiger partial charge in [0.1, 0.15) is 5.60 Å². The third kappa shape index (κ3) is 6.06. The van der Waals surface area contributed by atoms with E-state index in [4.69, 9.17) is 10.5 Å². The van der Waals surface area contributed by atoms with Crippen LogP contribution in [0.25, 0.3) is 0 Å². The molecule has 3 nitrogen and oxygen atoms in total. The van der Waals surface area contributed by atoms with E-state index in [2.05, 4.69) is 6.92 Å². The minimum Gasteiger partial charge on any atom is -0.460 e. The summed E-state index contributed by atoms with van der Waals surface area (Å²) in [5, 5.41) is 0. The van der Waals surface area contributed by atoms with Crippen molar-refractivity contribution in [3.8, 4) is 0 Å². The lowest BCUT2D eigenvalue weighted by molar-refractivity contribution is -0.155. The summed E-state index contributed by atoms with van der Waals surface area (Å²) >= 11 is 0. The van der Waals surface area contributed by atoms with Crippen LogP contribution >= 0.6 is 0 Å². The number of carbonyl (C=O) groups is 1. The third-order valence-electron chi connectivity index (χ3n) is 3.42. The summed E-state index contributed by atoms with van der Waals surface area (Å²) in [6.45, 7) is 7.85. The Balaban J connectivity index is 2.22. The molecule has 100 valence electrons. The van der Waals surface area contributed by atoms with Crippen molar-refractivity contribution >= 4 is 5.97 Å². The van der Waals surface area contributed by atoms with Gasteiger partial charge < -0.3 is 10.5 Å². The molecule has 0 aromatic carbocycles. The molecule has 0 aliphatic heterocycles. The number of rotatable bonds is 3. The number of hydrogen-bond acceptors (Lipinski definition) is 3. The van der Waals surface area contributed by atoms with Gasteiger partial charge in [-0.3, -0.25) is 4.79 Å². The van der Waals surface area contributed by atoms with Crippen LogP contribution in [0, 0.1) is 5.92 Å². The van der Waals surface area contributed by atoms with Crippen LogP contribution < -0.4 is 5.73 Å². The summed E-state index contributed by atoms with van der Waals surface area (Å²) in [6, 6.07) is 0. The summed E-state index contributed by atoms with van der Waals surface area (Å²) in [7, 11) is 0. The van der Waals surface area contributed by atoms with Crippen molar-refractivity contribution in [1.82, 2.24) is 0 Å². The van der Waals surface area contributed by atoms with E-state index in [-0.39, 0.29) is 17.1 Å². The van der Waals surface area contributed by atoms with E-state index in [0.29, 0.717) is 12.3 Å². The van der Waals surface area contributed by atoms with Gasteiger partial charge in [0.25, 0.3) is 0 Å². The predicted octanol–water partition coefficient (Wildman–Crippen LogP) is 3.02. The Morgan fingerprint density at radius 3 is 2.35 bits per heavy atom. The minimum absolute atomic E-state index is 0.0163. The lowest BCUT2D eigenvalue weighted by Crippen LogP contribution is -2.40. The van der Waals surface area contributed by atoms with Gasteiger partial charge in [0, 0.05) is 12.0 Å². The molecule has 0 aromatic rings. The van der Waals surface area contributed by atoms with Crippen molar-refractivity contribution in [3.63, 3.8) is 0 Å².